The minimum atomic E-state index is -3.82. The maximum absolute atomic E-state index is 12.7. The Morgan fingerprint density at radius 2 is 1.93 bits per heavy atom. The number of nitrogens with one attached hydrogen (secondary N) is 2. The van der Waals surface area contributed by atoms with Crippen molar-refractivity contribution < 1.29 is 18.0 Å². The minimum absolute atomic E-state index is 0.00325. The smallest absolute Gasteiger partial charge is 0.272 e. The number of anilines is 1. The second-order valence-electron chi connectivity index (χ2n) is 6.32. The van der Waals surface area contributed by atoms with Gasteiger partial charge in [-0.2, -0.15) is 0 Å². The van der Waals surface area contributed by atoms with Gasteiger partial charge in [-0.15, -0.1) is 0 Å². The van der Waals surface area contributed by atoms with E-state index in [1.807, 2.05) is 23.8 Å². The van der Waals surface area contributed by atoms with Gasteiger partial charge in [0.15, 0.2) is 0 Å². The fourth-order valence-electron chi connectivity index (χ4n) is 3.15. The lowest BCUT2D eigenvalue weighted by Gasteiger charge is -2.07. The summed E-state index contributed by atoms with van der Waals surface area (Å²) in [4.78, 5) is 24.4. The predicted molar refractivity (Wildman–Crippen MR) is 102 cm³/mol. The minimum Gasteiger partial charge on any atom is -0.340 e. The molecular weight excluding hydrogens is 390 g/mol. The van der Waals surface area contributed by atoms with E-state index in [-0.39, 0.29) is 10.5 Å². The zero-order chi connectivity index (χ0) is 19.5. The Hall–Kier alpha value is -2.84. The number of hydrogen-bond donors (Lipinski definition) is 2. The number of carbonyl (C=O) groups is 2. The molecule has 0 saturated carbocycles. The molecule has 0 spiro atoms. The Morgan fingerprint density at radius 3 is 2.67 bits per heavy atom. The molecule has 0 saturated heterocycles. The summed E-state index contributed by atoms with van der Waals surface area (Å²) in [6, 6.07) is 9.54. The Labute approximate surface area is 160 Å². The number of amides is 2. The van der Waals surface area contributed by atoms with E-state index < -0.39 is 21.8 Å². The van der Waals surface area contributed by atoms with Crippen molar-refractivity contribution in [2.75, 3.05) is 5.32 Å². The van der Waals surface area contributed by atoms with Gasteiger partial charge >= 0.3 is 0 Å². The van der Waals surface area contributed by atoms with Crippen LogP contribution in [-0.2, 0) is 17.1 Å². The van der Waals surface area contributed by atoms with Gasteiger partial charge in [-0.3, -0.25) is 9.59 Å². The Morgan fingerprint density at radius 1 is 1.19 bits per heavy atom. The first-order valence-corrected chi connectivity index (χ1v) is 9.82. The molecule has 0 atom stereocenters. The second kappa shape index (κ2) is 5.83. The topological polar surface area (TPSA) is 97.3 Å². The molecule has 3 aromatic rings. The number of benzene rings is 2. The summed E-state index contributed by atoms with van der Waals surface area (Å²) in [6.45, 7) is 1.89. The molecule has 0 bridgehead atoms. The van der Waals surface area contributed by atoms with Crippen LogP contribution in [0.15, 0.2) is 41.3 Å². The van der Waals surface area contributed by atoms with E-state index in [2.05, 4.69) is 5.32 Å². The Balaban J connectivity index is 1.71. The van der Waals surface area contributed by atoms with Gasteiger partial charge in [0.1, 0.15) is 10.6 Å². The van der Waals surface area contributed by atoms with Crippen molar-refractivity contribution in [3.63, 3.8) is 0 Å². The molecule has 9 heteroatoms. The lowest BCUT2D eigenvalue weighted by atomic mass is 10.1. The van der Waals surface area contributed by atoms with Gasteiger partial charge in [0, 0.05) is 23.6 Å². The van der Waals surface area contributed by atoms with Crippen LogP contribution in [-0.4, -0.2) is 24.8 Å². The van der Waals surface area contributed by atoms with Crippen molar-refractivity contribution in [2.45, 2.75) is 11.8 Å². The molecule has 0 radical (unpaired) electrons. The first kappa shape index (κ1) is 17.6. The zero-order valence-corrected chi connectivity index (χ0v) is 15.9. The molecule has 0 unspecified atom stereocenters. The highest BCUT2D eigenvalue weighted by Crippen LogP contribution is 2.30. The standard InChI is InChI=1S/C18H14ClN3O4S/c1-9-3-5-13-11(16(9)19)8-14(22(13)2)18(24)20-10-4-6-15-12(7-10)17(23)21-27(15,25)26/h3-8H,1-2H3,(H,20,24)(H,21,23). The molecule has 2 N–H and O–H groups in total. The van der Waals surface area contributed by atoms with Crippen LogP contribution >= 0.6 is 11.6 Å². The van der Waals surface area contributed by atoms with Crippen molar-refractivity contribution in [3.8, 4) is 0 Å². The number of rotatable bonds is 2. The summed E-state index contributed by atoms with van der Waals surface area (Å²) in [7, 11) is -2.06. The van der Waals surface area contributed by atoms with Crippen LogP contribution in [0.5, 0.6) is 0 Å². The monoisotopic (exact) mass is 403 g/mol. The lowest BCUT2D eigenvalue weighted by Crippen LogP contribution is -2.20. The average molecular weight is 404 g/mol. The quantitative estimate of drug-likeness (QED) is 0.687. The highest BCUT2D eigenvalue weighted by molar-refractivity contribution is 7.90. The summed E-state index contributed by atoms with van der Waals surface area (Å²) in [5.74, 6) is -1.11. The summed E-state index contributed by atoms with van der Waals surface area (Å²) in [6.07, 6.45) is 0. The molecule has 1 aliphatic rings. The van der Waals surface area contributed by atoms with E-state index in [0.29, 0.717) is 16.4 Å². The van der Waals surface area contributed by atoms with Crippen LogP contribution in [0.25, 0.3) is 10.9 Å². The number of aromatic nitrogens is 1. The number of halogens is 1. The molecule has 27 heavy (non-hydrogen) atoms. The molecule has 4 rings (SSSR count). The number of sulfonamides is 1. The summed E-state index contributed by atoms with van der Waals surface area (Å²) in [5.41, 5.74) is 2.43. The first-order valence-electron chi connectivity index (χ1n) is 7.96. The van der Waals surface area contributed by atoms with Crippen molar-refractivity contribution in [1.29, 1.82) is 0 Å². The highest BCUT2D eigenvalue weighted by Gasteiger charge is 2.32. The molecule has 2 aromatic carbocycles. The third-order valence-electron chi connectivity index (χ3n) is 4.58. The highest BCUT2D eigenvalue weighted by atomic mass is 35.5. The molecule has 0 aliphatic carbocycles. The van der Waals surface area contributed by atoms with E-state index in [1.165, 1.54) is 18.2 Å². The zero-order valence-electron chi connectivity index (χ0n) is 14.3. The number of nitrogens with zero attached hydrogens (tertiary/aromatic N) is 1. The maximum Gasteiger partial charge on any atom is 0.272 e. The van der Waals surface area contributed by atoms with Gasteiger partial charge < -0.3 is 9.88 Å². The van der Waals surface area contributed by atoms with Crippen LogP contribution in [0.4, 0.5) is 5.69 Å². The fraction of sp³-hybridized carbons (Fsp3) is 0.111. The number of carbonyl (C=O) groups excluding carboxylic acids is 2. The van der Waals surface area contributed by atoms with Crippen LogP contribution in [0.2, 0.25) is 5.02 Å². The summed E-state index contributed by atoms with van der Waals surface area (Å²) >= 11 is 6.34. The van der Waals surface area contributed by atoms with Crippen molar-refractivity contribution in [2.24, 2.45) is 7.05 Å². The maximum atomic E-state index is 12.7. The third-order valence-corrected chi connectivity index (χ3v) is 6.48. The van der Waals surface area contributed by atoms with E-state index in [1.54, 1.807) is 17.7 Å². The molecule has 2 amide bonds. The van der Waals surface area contributed by atoms with E-state index in [9.17, 15) is 18.0 Å². The molecule has 138 valence electrons. The molecule has 1 aliphatic heterocycles. The number of hydrogen-bond acceptors (Lipinski definition) is 4. The van der Waals surface area contributed by atoms with Gasteiger partial charge in [-0.05, 0) is 42.8 Å². The molecule has 1 aromatic heterocycles. The normalized spacial score (nSPS) is 14.9. The molecule has 0 fully saturated rings. The lowest BCUT2D eigenvalue weighted by molar-refractivity contribution is 0.0982. The predicted octanol–water partition coefficient (Wildman–Crippen LogP) is 2.82. The number of aryl methyl sites for hydroxylation is 2. The summed E-state index contributed by atoms with van der Waals surface area (Å²) in [5, 5.41) is 4.05. The van der Waals surface area contributed by atoms with Gasteiger partial charge in [-0.25, -0.2) is 13.1 Å². The first-order chi connectivity index (χ1) is 12.7. The van der Waals surface area contributed by atoms with Crippen LogP contribution in [0.1, 0.15) is 26.4 Å². The molecule has 7 nitrogen and oxygen atoms in total. The van der Waals surface area contributed by atoms with Crippen molar-refractivity contribution >= 4 is 50.0 Å². The number of fused-ring (bicyclic) bond motifs is 2. The van der Waals surface area contributed by atoms with Gasteiger partial charge in [-0.1, -0.05) is 17.7 Å². The van der Waals surface area contributed by atoms with Gasteiger partial charge in [0.2, 0.25) is 0 Å². The second-order valence-corrected chi connectivity index (χ2v) is 8.35. The van der Waals surface area contributed by atoms with Crippen molar-refractivity contribution in [3.05, 3.63) is 58.2 Å². The van der Waals surface area contributed by atoms with Crippen molar-refractivity contribution in [1.82, 2.24) is 9.29 Å². The average Bonchev–Trinajstić information content (AvgIpc) is 3.06. The largest absolute Gasteiger partial charge is 0.340 e. The van der Waals surface area contributed by atoms with Crippen LogP contribution in [0, 0.1) is 6.92 Å². The van der Waals surface area contributed by atoms with E-state index in [0.717, 1.165) is 16.5 Å². The van der Waals surface area contributed by atoms with E-state index in [4.69, 9.17) is 11.6 Å². The molecule has 2 heterocycles. The van der Waals surface area contributed by atoms with Gasteiger partial charge in [0.25, 0.3) is 21.8 Å². The fourth-order valence-corrected chi connectivity index (χ4v) is 4.52. The van der Waals surface area contributed by atoms with Crippen LogP contribution < -0.4 is 10.0 Å². The van der Waals surface area contributed by atoms with Gasteiger partial charge in [0.05, 0.1) is 10.6 Å². The summed E-state index contributed by atoms with van der Waals surface area (Å²) < 4.78 is 27.2. The Kier molecular flexibility index (Phi) is 3.79. The van der Waals surface area contributed by atoms with E-state index >= 15 is 0 Å². The Bertz CT molecular complexity index is 1260. The molecular formula is C18H14ClN3O4S. The van der Waals surface area contributed by atoms with Crippen LogP contribution in [0.3, 0.4) is 0 Å². The third kappa shape index (κ3) is 2.68. The SMILES string of the molecule is Cc1ccc2c(cc(C(=O)Nc3ccc4c(c3)C(=O)NS4(=O)=O)n2C)c1Cl.